The Labute approximate surface area is 145 Å². The molecular weight excluding hydrogens is 318 g/mol. The number of para-hydroxylation sites is 1. The molecule has 1 saturated carbocycles. The molecule has 0 spiro atoms. The van der Waals surface area contributed by atoms with Gasteiger partial charge in [0, 0.05) is 21.6 Å². The number of nitrogens with one attached hydrogen (secondary N) is 1. The van der Waals surface area contributed by atoms with Crippen molar-refractivity contribution in [1.29, 1.82) is 0 Å². The highest BCUT2D eigenvalue weighted by atomic mass is 32.2. The monoisotopic (exact) mass is 335 g/mol. The normalized spacial score (nSPS) is 19.0. The molecule has 120 valence electrons. The Morgan fingerprint density at radius 1 is 1.00 bits per heavy atom. The van der Waals surface area contributed by atoms with E-state index >= 15 is 0 Å². The van der Waals surface area contributed by atoms with E-state index in [0.29, 0.717) is 0 Å². The molecule has 0 unspecified atom stereocenters. The fraction of sp³-hybridized carbons (Fsp3) is 0.150. The number of hydrogen-bond acceptors (Lipinski definition) is 3. The lowest BCUT2D eigenvalue weighted by Gasteiger charge is -2.10. The highest BCUT2D eigenvalue weighted by Crippen LogP contribution is 2.48. The molecule has 4 heteroatoms. The topological polar surface area (TPSA) is 42.2 Å². The summed E-state index contributed by atoms with van der Waals surface area (Å²) in [5.41, 5.74) is 0.862. The zero-order valence-corrected chi connectivity index (χ0v) is 13.8. The summed E-state index contributed by atoms with van der Waals surface area (Å²) in [6.45, 7) is 0. The van der Waals surface area contributed by atoms with Crippen molar-refractivity contribution < 1.29 is 9.21 Å². The molecule has 4 rings (SSSR count). The van der Waals surface area contributed by atoms with E-state index in [0.717, 1.165) is 27.7 Å². The van der Waals surface area contributed by atoms with Gasteiger partial charge >= 0.3 is 0 Å². The lowest BCUT2D eigenvalue weighted by atomic mass is 10.2. The molecule has 2 aromatic carbocycles. The number of rotatable bonds is 5. The second kappa shape index (κ2) is 6.57. The van der Waals surface area contributed by atoms with Crippen LogP contribution in [0.15, 0.2) is 87.2 Å². The summed E-state index contributed by atoms with van der Waals surface area (Å²) in [5.74, 6) is 1.19. The zero-order chi connectivity index (χ0) is 16.4. The van der Waals surface area contributed by atoms with E-state index in [2.05, 4.69) is 17.4 Å². The predicted octanol–water partition coefficient (Wildman–Crippen LogP) is 5.17. The van der Waals surface area contributed by atoms with E-state index in [9.17, 15) is 4.79 Å². The van der Waals surface area contributed by atoms with Crippen LogP contribution in [0.1, 0.15) is 18.1 Å². The fourth-order valence-electron chi connectivity index (χ4n) is 2.80. The van der Waals surface area contributed by atoms with Gasteiger partial charge in [-0.1, -0.05) is 42.1 Å². The Hall–Kier alpha value is -2.46. The molecule has 1 aliphatic carbocycles. The summed E-state index contributed by atoms with van der Waals surface area (Å²) in [6, 6.07) is 21.9. The number of furan rings is 1. The van der Waals surface area contributed by atoms with Crippen LogP contribution in [0.5, 0.6) is 0 Å². The van der Waals surface area contributed by atoms with E-state index < -0.39 is 0 Å². The minimum absolute atomic E-state index is 0.00549. The van der Waals surface area contributed by atoms with Gasteiger partial charge in [0.2, 0.25) is 5.91 Å². The van der Waals surface area contributed by atoms with Crippen molar-refractivity contribution in [3.8, 4) is 0 Å². The Kier molecular flexibility index (Phi) is 4.13. The van der Waals surface area contributed by atoms with Gasteiger partial charge in [0.1, 0.15) is 5.76 Å². The molecule has 3 aromatic rings. The summed E-state index contributed by atoms with van der Waals surface area (Å²) in [7, 11) is 0. The first-order valence-electron chi connectivity index (χ1n) is 7.97. The van der Waals surface area contributed by atoms with Crippen LogP contribution in [0.2, 0.25) is 0 Å². The van der Waals surface area contributed by atoms with Crippen molar-refractivity contribution in [1.82, 2.24) is 0 Å². The minimum atomic E-state index is 0.00549. The Morgan fingerprint density at radius 2 is 1.79 bits per heavy atom. The van der Waals surface area contributed by atoms with E-state index in [-0.39, 0.29) is 17.7 Å². The molecule has 1 N–H and O–H groups in total. The molecule has 24 heavy (non-hydrogen) atoms. The third-order valence-electron chi connectivity index (χ3n) is 4.15. The molecule has 1 amide bonds. The number of amides is 1. The van der Waals surface area contributed by atoms with Gasteiger partial charge in [-0.3, -0.25) is 4.79 Å². The highest BCUT2D eigenvalue weighted by Gasteiger charge is 2.45. The molecule has 2 atom stereocenters. The average molecular weight is 335 g/mol. The van der Waals surface area contributed by atoms with Gasteiger partial charge < -0.3 is 9.73 Å². The maximum Gasteiger partial charge on any atom is 0.228 e. The zero-order valence-electron chi connectivity index (χ0n) is 13.0. The molecule has 3 nitrogen and oxygen atoms in total. The van der Waals surface area contributed by atoms with Crippen molar-refractivity contribution in [3.63, 3.8) is 0 Å². The quantitative estimate of drug-likeness (QED) is 0.699. The van der Waals surface area contributed by atoms with Crippen LogP contribution >= 0.6 is 11.8 Å². The molecule has 0 radical (unpaired) electrons. The number of carbonyl (C=O) groups is 1. The Bertz CT molecular complexity index is 830. The maximum absolute atomic E-state index is 12.5. The summed E-state index contributed by atoms with van der Waals surface area (Å²) in [4.78, 5) is 14.7. The van der Waals surface area contributed by atoms with E-state index in [1.165, 1.54) is 0 Å². The van der Waals surface area contributed by atoms with Gasteiger partial charge in [0.15, 0.2) is 0 Å². The van der Waals surface area contributed by atoms with E-state index in [1.807, 2.05) is 54.6 Å². The van der Waals surface area contributed by atoms with Crippen molar-refractivity contribution in [2.75, 3.05) is 5.32 Å². The van der Waals surface area contributed by atoms with E-state index in [1.54, 1.807) is 18.0 Å². The number of anilines is 1. The molecule has 0 aliphatic heterocycles. The summed E-state index contributed by atoms with van der Waals surface area (Å²) in [5, 5.41) is 3.08. The first kappa shape index (κ1) is 15.1. The number of benzene rings is 2. The first-order chi connectivity index (χ1) is 11.8. The molecule has 0 saturated heterocycles. The van der Waals surface area contributed by atoms with Gasteiger partial charge in [0.05, 0.1) is 12.0 Å². The van der Waals surface area contributed by atoms with Gasteiger partial charge in [0.25, 0.3) is 0 Å². The second-order valence-corrected chi connectivity index (χ2v) is 6.98. The van der Waals surface area contributed by atoms with Crippen LogP contribution in [0.25, 0.3) is 0 Å². The Morgan fingerprint density at radius 3 is 2.58 bits per heavy atom. The molecule has 1 aromatic heterocycles. The molecule has 1 aliphatic rings. The van der Waals surface area contributed by atoms with Gasteiger partial charge in [-0.05, 0) is 42.8 Å². The van der Waals surface area contributed by atoms with E-state index in [4.69, 9.17) is 4.42 Å². The summed E-state index contributed by atoms with van der Waals surface area (Å²) in [6.07, 6.45) is 2.52. The van der Waals surface area contributed by atoms with Crippen LogP contribution in [-0.4, -0.2) is 5.91 Å². The lowest BCUT2D eigenvalue weighted by Crippen LogP contribution is -2.15. The largest absolute Gasteiger partial charge is 0.469 e. The van der Waals surface area contributed by atoms with Gasteiger partial charge in [-0.2, -0.15) is 0 Å². The molecule has 1 heterocycles. The van der Waals surface area contributed by atoms with Crippen molar-refractivity contribution in [3.05, 3.63) is 78.8 Å². The van der Waals surface area contributed by atoms with Crippen LogP contribution in [0.3, 0.4) is 0 Å². The maximum atomic E-state index is 12.5. The SMILES string of the molecule is O=C(Nc1ccccc1Sc1ccccc1)[C@H]1C[C@H]1c1ccco1. The molecule has 0 bridgehead atoms. The fourth-order valence-corrected chi connectivity index (χ4v) is 3.72. The second-order valence-electron chi connectivity index (χ2n) is 5.86. The van der Waals surface area contributed by atoms with Crippen LogP contribution in [-0.2, 0) is 4.79 Å². The van der Waals surface area contributed by atoms with Crippen molar-refractivity contribution in [2.24, 2.45) is 5.92 Å². The van der Waals surface area contributed by atoms with Gasteiger partial charge in [-0.15, -0.1) is 0 Å². The third-order valence-corrected chi connectivity index (χ3v) is 5.24. The third kappa shape index (κ3) is 3.24. The van der Waals surface area contributed by atoms with Crippen molar-refractivity contribution >= 4 is 23.4 Å². The molecular formula is C20H17NO2S. The van der Waals surface area contributed by atoms with Crippen LogP contribution in [0.4, 0.5) is 5.69 Å². The predicted molar refractivity (Wildman–Crippen MR) is 95.2 cm³/mol. The summed E-state index contributed by atoms with van der Waals surface area (Å²) >= 11 is 1.65. The van der Waals surface area contributed by atoms with Crippen LogP contribution in [0, 0.1) is 5.92 Å². The lowest BCUT2D eigenvalue weighted by molar-refractivity contribution is -0.117. The number of carbonyl (C=O) groups excluding carboxylic acids is 1. The smallest absolute Gasteiger partial charge is 0.228 e. The van der Waals surface area contributed by atoms with Crippen molar-refractivity contribution in [2.45, 2.75) is 22.1 Å². The number of hydrogen-bond donors (Lipinski definition) is 1. The van der Waals surface area contributed by atoms with Crippen LogP contribution < -0.4 is 5.32 Å². The average Bonchev–Trinajstić information content (AvgIpc) is 3.23. The minimum Gasteiger partial charge on any atom is -0.469 e. The Balaban J connectivity index is 1.46. The van der Waals surface area contributed by atoms with Gasteiger partial charge in [-0.25, -0.2) is 0 Å². The summed E-state index contributed by atoms with van der Waals surface area (Å²) < 4.78 is 5.41. The standard InChI is InChI=1S/C20H17NO2S/c22-20(16-13-15(16)18-10-6-12-23-18)21-17-9-4-5-11-19(17)24-14-7-2-1-3-8-14/h1-12,15-16H,13H2,(H,21,22)/t15-,16+/m1/s1. The molecule has 1 fully saturated rings. The first-order valence-corrected chi connectivity index (χ1v) is 8.79. The highest BCUT2D eigenvalue weighted by molar-refractivity contribution is 7.99.